The van der Waals surface area contributed by atoms with Crippen molar-refractivity contribution in [2.45, 2.75) is 6.18 Å². The van der Waals surface area contributed by atoms with Gasteiger partial charge in [-0.05, 0) is 42.5 Å². The number of halogens is 3. The maximum atomic E-state index is 12.3. The van der Waals surface area contributed by atoms with E-state index in [0.717, 1.165) is 0 Å². The van der Waals surface area contributed by atoms with Gasteiger partial charge in [-0.3, -0.25) is 4.79 Å². The molecule has 1 heterocycles. The number of anilines is 3. The van der Waals surface area contributed by atoms with E-state index in [0.29, 0.717) is 16.9 Å². The SMILES string of the molecule is O=C(Nc1ccccc1)Nc1ccc(C(=O)Nc2ccc(OCC(F)(F)F)nc2)cc1. The summed E-state index contributed by atoms with van der Waals surface area (Å²) in [7, 11) is 0. The fourth-order valence-corrected chi connectivity index (χ4v) is 2.42. The van der Waals surface area contributed by atoms with Gasteiger partial charge in [0.2, 0.25) is 5.88 Å². The van der Waals surface area contributed by atoms with E-state index in [2.05, 4.69) is 25.7 Å². The summed E-state index contributed by atoms with van der Waals surface area (Å²) in [5.74, 6) is -0.662. The second-order valence-corrected chi connectivity index (χ2v) is 6.27. The molecular weight excluding hydrogens is 413 g/mol. The summed E-state index contributed by atoms with van der Waals surface area (Å²) in [6.45, 7) is -1.45. The Morgan fingerprint density at radius 1 is 0.806 bits per heavy atom. The number of hydrogen-bond acceptors (Lipinski definition) is 4. The third kappa shape index (κ3) is 7.03. The molecule has 0 bridgehead atoms. The second kappa shape index (κ2) is 9.61. The molecule has 0 spiro atoms. The highest BCUT2D eigenvalue weighted by molar-refractivity contribution is 6.05. The average molecular weight is 430 g/mol. The Bertz CT molecular complexity index is 1020. The molecule has 3 N–H and O–H groups in total. The molecule has 0 aliphatic carbocycles. The zero-order chi connectivity index (χ0) is 22.3. The summed E-state index contributed by atoms with van der Waals surface area (Å²) in [6, 6.07) is 17.2. The van der Waals surface area contributed by atoms with Crippen LogP contribution in [0.15, 0.2) is 72.9 Å². The van der Waals surface area contributed by atoms with Crippen LogP contribution in [-0.2, 0) is 0 Å². The molecule has 0 atom stereocenters. The number of para-hydroxylation sites is 1. The maximum absolute atomic E-state index is 12.3. The number of benzene rings is 2. The molecule has 31 heavy (non-hydrogen) atoms. The van der Waals surface area contributed by atoms with Crippen LogP contribution in [0.5, 0.6) is 5.88 Å². The minimum Gasteiger partial charge on any atom is -0.468 e. The highest BCUT2D eigenvalue weighted by atomic mass is 19.4. The van der Waals surface area contributed by atoms with Crippen molar-refractivity contribution < 1.29 is 27.5 Å². The lowest BCUT2D eigenvalue weighted by Gasteiger charge is -2.10. The van der Waals surface area contributed by atoms with E-state index in [9.17, 15) is 22.8 Å². The van der Waals surface area contributed by atoms with Gasteiger partial charge in [0.1, 0.15) is 0 Å². The minimum absolute atomic E-state index is 0.209. The quantitative estimate of drug-likeness (QED) is 0.518. The van der Waals surface area contributed by atoms with Crippen LogP contribution in [0.2, 0.25) is 0 Å². The van der Waals surface area contributed by atoms with Crippen LogP contribution in [-0.4, -0.2) is 29.7 Å². The molecule has 0 unspecified atom stereocenters. The molecule has 3 aromatic rings. The molecule has 1 aromatic heterocycles. The number of aromatic nitrogens is 1. The third-order valence-corrected chi connectivity index (χ3v) is 3.81. The van der Waals surface area contributed by atoms with Crippen molar-refractivity contribution >= 4 is 29.0 Å². The number of urea groups is 1. The second-order valence-electron chi connectivity index (χ2n) is 6.27. The Labute approximate surface area is 175 Å². The Morgan fingerprint density at radius 3 is 2.00 bits per heavy atom. The van der Waals surface area contributed by atoms with Crippen LogP contribution in [0.1, 0.15) is 10.4 Å². The average Bonchev–Trinajstić information content (AvgIpc) is 2.74. The van der Waals surface area contributed by atoms with Crippen LogP contribution in [0.25, 0.3) is 0 Å². The van der Waals surface area contributed by atoms with Crippen molar-refractivity contribution in [3.63, 3.8) is 0 Å². The van der Waals surface area contributed by atoms with Crippen molar-refractivity contribution in [1.29, 1.82) is 0 Å². The zero-order valence-electron chi connectivity index (χ0n) is 15.9. The highest BCUT2D eigenvalue weighted by Crippen LogP contribution is 2.19. The van der Waals surface area contributed by atoms with Gasteiger partial charge >= 0.3 is 12.2 Å². The van der Waals surface area contributed by atoms with Gasteiger partial charge in [-0.25, -0.2) is 9.78 Å². The molecule has 0 saturated heterocycles. The Morgan fingerprint density at radius 2 is 1.42 bits per heavy atom. The van der Waals surface area contributed by atoms with Gasteiger partial charge in [0.25, 0.3) is 5.91 Å². The topological polar surface area (TPSA) is 92.4 Å². The molecule has 0 saturated carbocycles. The number of carbonyl (C=O) groups is 2. The summed E-state index contributed by atoms with van der Waals surface area (Å²) < 4.78 is 40.9. The standard InChI is InChI=1S/C21H17F3N4O3/c22-21(23,24)13-31-18-11-10-17(12-25-18)26-19(29)14-6-8-16(9-7-14)28-20(30)27-15-4-2-1-3-5-15/h1-12H,13H2,(H,26,29)(H2,27,28,30). The van der Waals surface area contributed by atoms with Gasteiger partial charge in [-0.2, -0.15) is 13.2 Å². The molecule has 3 rings (SSSR count). The van der Waals surface area contributed by atoms with Gasteiger partial charge in [0, 0.05) is 23.0 Å². The summed E-state index contributed by atoms with van der Waals surface area (Å²) in [6.07, 6.45) is -3.27. The fourth-order valence-electron chi connectivity index (χ4n) is 2.42. The van der Waals surface area contributed by atoms with Gasteiger partial charge in [0.15, 0.2) is 6.61 Å². The summed E-state index contributed by atoms with van der Waals surface area (Å²) in [5.41, 5.74) is 1.72. The normalized spacial score (nSPS) is 10.8. The zero-order valence-corrected chi connectivity index (χ0v) is 15.9. The molecule has 3 amide bonds. The first-order chi connectivity index (χ1) is 14.8. The van der Waals surface area contributed by atoms with Gasteiger partial charge in [0.05, 0.1) is 11.9 Å². The number of alkyl halides is 3. The first kappa shape index (κ1) is 21.6. The maximum Gasteiger partial charge on any atom is 0.422 e. The smallest absolute Gasteiger partial charge is 0.422 e. The lowest BCUT2D eigenvalue weighted by molar-refractivity contribution is -0.154. The molecule has 2 aromatic carbocycles. The summed E-state index contributed by atoms with van der Waals surface area (Å²) in [4.78, 5) is 28.0. The van der Waals surface area contributed by atoms with E-state index in [1.165, 1.54) is 30.5 Å². The molecule has 160 valence electrons. The van der Waals surface area contributed by atoms with Gasteiger partial charge < -0.3 is 20.7 Å². The lowest BCUT2D eigenvalue weighted by atomic mass is 10.2. The molecule has 0 radical (unpaired) electrons. The Kier molecular flexibility index (Phi) is 6.71. The van der Waals surface area contributed by atoms with Crippen LogP contribution in [0.4, 0.5) is 35.0 Å². The number of pyridine rings is 1. The number of hydrogen-bond donors (Lipinski definition) is 3. The summed E-state index contributed by atoms with van der Waals surface area (Å²) >= 11 is 0. The molecule has 10 heteroatoms. The van der Waals surface area contributed by atoms with Crippen molar-refractivity contribution in [3.8, 4) is 5.88 Å². The number of ether oxygens (including phenoxy) is 1. The number of carbonyl (C=O) groups excluding carboxylic acids is 2. The third-order valence-electron chi connectivity index (χ3n) is 3.81. The minimum atomic E-state index is -4.46. The predicted octanol–water partition coefficient (Wildman–Crippen LogP) is 4.92. The van der Waals surface area contributed by atoms with E-state index in [4.69, 9.17) is 0 Å². The first-order valence-electron chi connectivity index (χ1n) is 8.98. The largest absolute Gasteiger partial charge is 0.468 e. The predicted molar refractivity (Wildman–Crippen MR) is 109 cm³/mol. The fraction of sp³-hybridized carbons (Fsp3) is 0.0952. The lowest BCUT2D eigenvalue weighted by Crippen LogP contribution is -2.19. The molecule has 0 aliphatic heterocycles. The number of amides is 3. The molecule has 0 fully saturated rings. The van der Waals surface area contributed by atoms with E-state index in [1.54, 1.807) is 36.4 Å². The Hall–Kier alpha value is -4.08. The van der Waals surface area contributed by atoms with E-state index < -0.39 is 24.7 Å². The number of nitrogens with one attached hydrogen (secondary N) is 3. The van der Waals surface area contributed by atoms with Crippen LogP contribution in [0.3, 0.4) is 0 Å². The first-order valence-corrected chi connectivity index (χ1v) is 8.98. The van der Waals surface area contributed by atoms with Crippen molar-refractivity contribution in [2.75, 3.05) is 22.6 Å². The van der Waals surface area contributed by atoms with Crippen LogP contribution < -0.4 is 20.7 Å². The molecule has 0 aliphatic rings. The van der Waals surface area contributed by atoms with E-state index in [1.807, 2.05) is 6.07 Å². The van der Waals surface area contributed by atoms with Crippen molar-refractivity contribution in [1.82, 2.24) is 4.98 Å². The highest BCUT2D eigenvalue weighted by Gasteiger charge is 2.28. The van der Waals surface area contributed by atoms with Gasteiger partial charge in [-0.1, -0.05) is 18.2 Å². The van der Waals surface area contributed by atoms with Crippen LogP contribution >= 0.6 is 0 Å². The number of rotatable bonds is 6. The monoisotopic (exact) mass is 430 g/mol. The van der Waals surface area contributed by atoms with E-state index >= 15 is 0 Å². The number of nitrogens with zero attached hydrogens (tertiary/aromatic N) is 1. The molecular formula is C21H17F3N4O3. The Balaban J connectivity index is 1.52. The van der Waals surface area contributed by atoms with E-state index in [-0.39, 0.29) is 11.6 Å². The molecule has 7 nitrogen and oxygen atoms in total. The summed E-state index contributed by atoms with van der Waals surface area (Å²) in [5, 5.41) is 7.89. The van der Waals surface area contributed by atoms with Crippen LogP contribution in [0, 0.1) is 0 Å². The van der Waals surface area contributed by atoms with Gasteiger partial charge in [-0.15, -0.1) is 0 Å². The van der Waals surface area contributed by atoms with Crippen molar-refractivity contribution in [3.05, 3.63) is 78.5 Å². The van der Waals surface area contributed by atoms with Crippen molar-refractivity contribution in [2.24, 2.45) is 0 Å².